The van der Waals surface area contributed by atoms with Crippen LogP contribution in [0.15, 0.2) is 32.5 Å². The van der Waals surface area contributed by atoms with Gasteiger partial charge in [-0.15, -0.1) is 11.3 Å². The van der Waals surface area contributed by atoms with Crippen LogP contribution in [0, 0.1) is 5.82 Å². The van der Waals surface area contributed by atoms with Crippen molar-refractivity contribution in [1.29, 1.82) is 0 Å². The van der Waals surface area contributed by atoms with Gasteiger partial charge in [0, 0.05) is 14.9 Å². The van der Waals surface area contributed by atoms with Crippen LogP contribution in [0.5, 0.6) is 0 Å². The second-order valence-electron chi connectivity index (χ2n) is 3.29. The number of halogens is 5. The summed E-state index contributed by atoms with van der Waals surface area (Å²) in [6, 6.07) is 6.90. The molecule has 0 N–H and O–H groups in total. The molecule has 0 radical (unpaired) electrons. The average molecular weight is 463 g/mol. The van der Waals surface area contributed by atoms with E-state index in [-0.39, 0.29) is 10.6 Å². The summed E-state index contributed by atoms with van der Waals surface area (Å²) in [6.45, 7) is 0. The lowest BCUT2D eigenvalue weighted by atomic mass is 10.1. The highest BCUT2D eigenvalue weighted by molar-refractivity contribution is 9.11. The van der Waals surface area contributed by atoms with E-state index in [2.05, 4.69) is 47.8 Å². The minimum atomic E-state index is -0.285. The summed E-state index contributed by atoms with van der Waals surface area (Å²) in [5.41, 5.74) is 0.535. The first-order chi connectivity index (χ1) is 7.99. The third-order valence-corrected chi connectivity index (χ3v) is 6.33. The molecule has 0 aliphatic heterocycles. The molecule has 0 fully saturated rings. The second kappa shape index (κ2) is 5.70. The topological polar surface area (TPSA) is 0 Å². The van der Waals surface area contributed by atoms with Crippen LogP contribution in [0.2, 0.25) is 5.02 Å². The van der Waals surface area contributed by atoms with E-state index in [4.69, 9.17) is 11.6 Å². The van der Waals surface area contributed by atoms with Gasteiger partial charge in [-0.3, -0.25) is 0 Å². The smallest absolute Gasteiger partial charge is 0.129 e. The van der Waals surface area contributed by atoms with Crippen molar-refractivity contribution in [2.45, 2.75) is 4.83 Å². The number of benzene rings is 1. The van der Waals surface area contributed by atoms with Crippen LogP contribution in [0.1, 0.15) is 15.3 Å². The lowest BCUT2D eigenvalue weighted by molar-refractivity contribution is 0.613. The molecule has 2 rings (SSSR count). The molecule has 1 heterocycles. The fourth-order valence-electron chi connectivity index (χ4n) is 1.35. The molecule has 0 saturated heterocycles. The van der Waals surface area contributed by atoms with Gasteiger partial charge in [0.15, 0.2) is 0 Å². The molecule has 2 aromatic rings. The Bertz CT molecular complexity index is 556. The van der Waals surface area contributed by atoms with Crippen molar-refractivity contribution in [3.8, 4) is 0 Å². The molecule has 6 heteroatoms. The van der Waals surface area contributed by atoms with Gasteiger partial charge < -0.3 is 0 Å². The molecular weight excluding hydrogens is 458 g/mol. The summed E-state index contributed by atoms with van der Waals surface area (Å²) in [4.78, 5) is 0.832. The molecule has 0 nitrogen and oxygen atoms in total. The van der Waals surface area contributed by atoms with Crippen LogP contribution in [0.3, 0.4) is 0 Å². The van der Waals surface area contributed by atoms with Crippen LogP contribution in [-0.4, -0.2) is 0 Å². The molecule has 0 spiro atoms. The molecular formula is C11H5Br3ClFS. The van der Waals surface area contributed by atoms with Gasteiger partial charge in [-0.05, 0) is 56.1 Å². The molecule has 0 aliphatic carbocycles. The zero-order valence-electron chi connectivity index (χ0n) is 8.18. The third kappa shape index (κ3) is 3.13. The van der Waals surface area contributed by atoms with Gasteiger partial charge in [-0.2, -0.15) is 0 Å². The van der Waals surface area contributed by atoms with Gasteiger partial charge >= 0.3 is 0 Å². The Morgan fingerprint density at radius 2 is 1.94 bits per heavy atom. The summed E-state index contributed by atoms with van der Waals surface area (Å²) >= 11 is 17.6. The quantitative estimate of drug-likeness (QED) is 0.350. The molecule has 0 bridgehead atoms. The van der Waals surface area contributed by atoms with E-state index in [1.54, 1.807) is 17.4 Å². The van der Waals surface area contributed by atoms with E-state index in [9.17, 15) is 4.39 Å². The predicted octanol–water partition coefficient (Wildman–Crippen LogP) is 6.55. The molecule has 0 saturated carbocycles. The summed E-state index contributed by atoms with van der Waals surface area (Å²) in [7, 11) is 0. The maximum absolute atomic E-state index is 13.8. The van der Waals surface area contributed by atoms with E-state index in [0.29, 0.717) is 15.1 Å². The molecule has 0 amide bonds. The first-order valence-electron chi connectivity index (χ1n) is 4.53. The zero-order chi connectivity index (χ0) is 12.6. The van der Waals surface area contributed by atoms with Crippen molar-refractivity contribution >= 4 is 70.7 Å². The van der Waals surface area contributed by atoms with Crippen LogP contribution >= 0.6 is 70.7 Å². The first kappa shape index (κ1) is 14.0. The third-order valence-electron chi connectivity index (χ3n) is 2.16. The van der Waals surface area contributed by atoms with Crippen molar-refractivity contribution in [2.75, 3.05) is 0 Å². The van der Waals surface area contributed by atoms with Gasteiger partial charge in [-0.25, -0.2) is 4.39 Å². The Kier molecular flexibility index (Phi) is 4.69. The summed E-state index contributed by atoms with van der Waals surface area (Å²) < 4.78 is 15.4. The van der Waals surface area contributed by atoms with Crippen molar-refractivity contribution in [2.24, 2.45) is 0 Å². The van der Waals surface area contributed by atoms with E-state index in [1.807, 2.05) is 12.1 Å². The number of hydrogen-bond acceptors (Lipinski definition) is 1. The maximum Gasteiger partial charge on any atom is 0.129 e. The Morgan fingerprint density at radius 3 is 2.53 bits per heavy atom. The van der Waals surface area contributed by atoms with E-state index in [1.165, 1.54) is 6.07 Å². The molecule has 1 aromatic carbocycles. The van der Waals surface area contributed by atoms with Gasteiger partial charge in [0.1, 0.15) is 5.82 Å². The lowest BCUT2D eigenvalue weighted by Crippen LogP contribution is -1.95. The summed E-state index contributed by atoms with van der Waals surface area (Å²) in [5, 5.41) is 0.501. The minimum absolute atomic E-state index is 0.190. The largest absolute Gasteiger partial charge is 0.207 e. The molecule has 1 aromatic heterocycles. The standard InChI is InChI=1S/C11H5Br3ClFS/c12-6-4-8(16)5(3-7(6)15)11(14)9-1-2-10(13)17-9/h1-4,11H. The van der Waals surface area contributed by atoms with Crippen molar-refractivity contribution in [3.05, 3.63) is 53.8 Å². The number of hydrogen-bond donors (Lipinski definition) is 0. The molecule has 0 aliphatic rings. The second-order valence-corrected chi connectivity index (χ2v) is 7.96. The van der Waals surface area contributed by atoms with E-state index in [0.717, 1.165) is 8.66 Å². The summed E-state index contributed by atoms with van der Waals surface area (Å²) in [5.74, 6) is -0.285. The fraction of sp³-hybridized carbons (Fsp3) is 0.0909. The normalized spacial score (nSPS) is 12.8. The highest BCUT2D eigenvalue weighted by Crippen LogP contribution is 2.40. The Labute approximate surface area is 133 Å². The number of rotatable bonds is 2. The van der Waals surface area contributed by atoms with Gasteiger partial charge in [0.05, 0.1) is 13.6 Å². The van der Waals surface area contributed by atoms with Gasteiger partial charge in [0.25, 0.3) is 0 Å². The number of alkyl halides is 1. The van der Waals surface area contributed by atoms with Crippen LogP contribution in [0.4, 0.5) is 4.39 Å². The maximum atomic E-state index is 13.8. The molecule has 17 heavy (non-hydrogen) atoms. The predicted molar refractivity (Wildman–Crippen MR) is 81.9 cm³/mol. The molecule has 90 valence electrons. The Balaban J connectivity index is 2.43. The van der Waals surface area contributed by atoms with Crippen LogP contribution in [0.25, 0.3) is 0 Å². The lowest BCUT2D eigenvalue weighted by Gasteiger charge is -2.10. The zero-order valence-corrected chi connectivity index (χ0v) is 14.5. The highest BCUT2D eigenvalue weighted by atomic mass is 79.9. The van der Waals surface area contributed by atoms with Gasteiger partial charge in [0.2, 0.25) is 0 Å². The van der Waals surface area contributed by atoms with Crippen molar-refractivity contribution in [1.82, 2.24) is 0 Å². The molecule has 1 atom stereocenters. The fourth-order valence-corrected chi connectivity index (χ4v) is 4.04. The average Bonchev–Trinajstić information content (AvgIpc) is 2.69. The van der Waals surface area contributed by atoms with E-state index < -0.39 is 0 Å². The monoisotopic (exact) mass is 460 g/mol. The van der Waals surface area contributed by atoms with Crippen LogP contribution in [-0.2, 0) is 0 Å². The van der Waals surface area contributed by atoms with Gasteiger partial charge in [-0.1, -0.05) is 27.5 Å². The first-order valence-corrected chi connectivity index (χ1v) is 8.22. The SMILES string of the molecule is Fc1cc(Br)c(Cl)cc1C(Br)c1ccc(Br)s1. The highest BCUT2D eigenvalue weighted by Gasteiger charge is 2.18. The van der Waals surface area contributed by atoms with Crippen molar-refractivity contribution in [3.63, 3.8) is 0 Å². The van der Waals surface area contributed by atoms with Crippen molar-refractivity contribution < 1.29 is 4.39 Å². The molecule has 1 unspecified atom stereocenters. The Morgan fingerprint density at radius 1 is 1.24 bits per heavy atom. The summed E-state index contributed by atoms with van der Waals surface area (Å²) in [6.07, 6.45) is 0. The Hall–Kier alpha value is 0.580. The minimum Gasteiger partial charge on any atom is -0.207 e. The number of thiophene rings is 1. The van der Waals surface area contributed by atoms with Crippen LogP contribution < -0.4 is 0 Å². The van der Waals surface area contributed by atoms with E-state index >= 15 is 0 Å².